The number of nitrogens with zero attached hydrogens (tertiary/aromatic N) is 1. The van der Waals surface area contributed by atoms with Crippen molar-refractivity contribution in [2.24, 2.45) is 0 Å². The van der Waals surface area contributed by atoms with Crippen molar-refractivity contribution >= 4 is 0 Å². The number of H-pyrrole nitrogens is 1. The number of aliphatic hydroxyl groups excluding tert-OH is 3. The number of aromatic amines is 1. The topological polar surface area (TPSA) is 125 Å². The van der Waals surface area contributed by atoms with Gasteiger partial charge < -0.3 is 20.1 Å². The van der Waals surface area contributed by atoms with E-state index in [0.717, 1.165) is 10.6 Å². The van der Waals surface area contributed by atoms with Gasteiger partial charge in [0.05, 0.1) is 12.7 Å². The van der Waals surface area contributed by atoms with Crippen molar-refractivity contribution in [1.82, 2.24) is 9.55 Å². The molecule has 0 saturated carbocycles. The van der Waals surface area contributed by atoms with Gasteiger partial charge in [-0.15, -0.1) is 0 Å². The molecule has 8 heteroatoms. The number of aliphatic hydroxyl groups is 3. The van der Waals surface area contributed by atoms with E-state index in [2.05, 4.69) is 4.98 Å². The first kappa shape index (κ1) is 13.0. The van der Waals surface area contributed by atoms with E-state index < -0.39 is 42.4 Å². The van der Waals surface area contributed by atoms with Crippen LogP contribution in [0.1, 0.15) is 12.6 Å². The zero-order chi connectivity index (χ0) is 13.3. The Morgan fingerprint density at radius 1 is 1.44 bits per heavy atom. The highest BCUT2D eigenvalue weighted by Crippen LogP contribution is 2.26. The molecular weight excluding hydrogens is 244 g/mol. The molecule has 4 N–H and O–H groups in total. The van der Waals surface area contributed by atoms with E-state index in [1.165, 1.54) is 6.20 Å². The second-order valence-electron chi connectivity index (χ2n) is 4.12. The average molecular weight is 258 g/mol. The molecule has 1 aromatic heterocycles. The molecule has 1 fully saturated rings. The maximum atomic E-state index is 11.5. The lowest BCUT2D eigenvalue weighted by Gasteiger charge is -2.36. The first-order chi connectivity index (χ1) is 8.52. The number of nitrogens with one attached hydrogen (secondary N) is 1. The van der Waals surface area contributed by atoms with Crippen LogP contribution in [0.25, 0.3) is 0 Å². The lowest BCUT2D eigenvalue weighted by Crippen LogP contribution is -2.50. The number of aromatic nitrogens is 2. The maximum Gasteiger partial charge on any atom is 0.330 e. The Hall–Kier alpha value is -1.48. The summed E-state index contributed by atoms with van der Waals surface area (Å²) in [5, 5.41) is 28.2. The zero-order valence-corrected chi connectivity index (χ0v) is 9.39. The second-order valence-corrected chi connectivity index (χ2v) is 4.12. The fourth-order valence-electron chi connectivity index (χ4n) is 1.92. The molecule has 1 aliphatic heterocycles. The average Bonchev–Trinajstić information content (AvgIpc) is 2.32. The highest BCUT2D eigenvalue weighted by atomic mass is 16.5. The van der Waals surface area contributed by atoms with E-state index in [1.54, 1.807) is 0 Å². The van der Waals surface area contributed by atoms with Crippen LogP contribution in [-0.2, 0) is 4.74 Å². The molecule has 1 aliphatic rings. The van der Waals surface area contributed by atoms with Crippen LogP contribution < -0.4 is 11.2 Å². The molecule has 18 heavy (non-hydrogen) atoms. The van der Waals surface area contributed by atoms with Crippen molar-refractivity contribution in [2.75, 3.05) is 6.61 Å². The molecular formula is C10H14N2O6. The van der Waals surface area contributed by atoms with Crippen molar-refractivity contribution in [2.45, 2.75) is 31.0 Å². The van der Waals surface area contributed by atoms with Crippen molar-refractivity contribution < 1.29 is 20.1 Å². The van der Waals surface area contributed by atoms with Crippen LogP contribution in [0.15, 0.2) is 21.9 Å². The van der Waals surface area contributed by atoms with Crippen LogP contribution >= 0.6 is 0 Å². The predicted octanol–water partition coefficient (Wildman–Crippen LogP) is -2.46. The largest absolute Gasteiger partial charge is 0.394 e. The molecule has 100 valence electrons. The molecule has 0 amide bonds. The standard InChI is InChI=1S/C10H14N2O6/c13-4-6-9(16)5(14)3-8(18-6)12-2-1-7(15)11-10(12)17/h1-2,5-6,8-9,13-14,16H,3-4H2,(H,11,15,17)/t5-,6+,8+,9-/m0/s1. The molecule has 0 unspecified atom stereocenters. The van der Waals surface area contributed by atoms with Crippen molar-refractivity contribution in [1.29, 1.82) is 0 Å². The van der Waals surface area contributed by atoms with E-state index in [4.69, 9.17) is 9.84 Å². The minimum atomic E-state index is -1.20. The Morgan fingerprint density at radius 3 is 2.78 bits per heavy atom. The van der Waals surface area contributed by atoms with Gasteiger partial charge in [-0.25, -0.2) is 4.79 Å². The molecule has 4 atom stereocenters. The fraction of sp³-hybridized carbons (Fsp3) is 0.600. The smallest absolute Gasteiger partial charge is 0.330 e. The maximum absolute atomic E-state index is 11.5. The molecule has 0 aromatic carbocycles. The Morgan fingerprint density at radius 2 is 2.17 bits per heavy atom. The molecule has 2 rings (SSSR count). The Labute approximate surface area is 101 Å². The summed E-state index contributed by atoms with van der Waals surface area (Å²) in [5.74, 6) is 0. The van der Waals surface area contributed by atoms with Crippen LogP contribution in [0.4, 0.5) is 0 Å². The van der Waals surface area contributed by atoms with Gasteiger partial charge in [-0.05, 0) is 0 Å². The minimum Gasteiger partial charge on any atom is -0.394 e. The van der Waals surface area contributed by atoms with Gasteiger partial charge in [0.2, 0.25) is 0 Å². The summed E-state index contributed by atoms with van der Waals surface area (Å²) < 4.78 is 6.40. The SMILES string of the molecule is O=c1ccn([C@H]2C[C@H](O)[C@H](O)[C@@H](CO)O2)c(=O)[nH]1. The van der Waals surface area contributed by atoms with Gasteiger partial charge in [0.15, 0.2) is 0 Å². The van der Waals surface area contributed by atoms with Crippen molar-refractivity contribution in [3.8, 4) is 0 Å². The van der Waals surface area contributed by atoms with E-state index in [9.17, 15) is 19.8 Å². The Balaban J connectivity index is 2.28. The summed E-state index contributed by atoms with van der Waals surface area (Å²) in [6.07, 6.45) is -2.90. The normalized spacial score (nSPS) is 32.4. The van der Waals surface area contributed by atoms with Gasteiger partial charge in [-0.1, -0.05) is 0 Å². The summed E-state index contributed by atoms with van der Waals surface area (Å²) in [6.45, 7) is -0.479. The zero-order valence-electron chi connectivity index (χ0n) is 9.39. The first-order valence-electron chi connectivity index (χ1n) is 5.47. The van der Waals surface area contributed by atoms with Gasteiger partial charge in [-0.2, -0.15) is 0 Å². The predicted molar refractivity (Wildman–Crippen MR) is 58.9 cm³/mol. The fourth-order valence-corrected chi connectivity index (χ4v) is 1.92. The quantitative estimate of drug-likeness (QED) is 0.466. The molecule has 0 spiro atoms. The van der Waals surface area contributed by atoms with E-state index in [0.29, 0.717) is 0 Å². The summed E-state index contributed by atoms with van der Waals surface area (Å²) >= 11 is 0. The van der Waals surface area contributed by atoms with Gasteiger partial charge in [0, 0.05) is 18.7 Å². The molecule has 0 aliphatic carbocycles. The third-order valence-electron chi connectivity index (χ3n) is 2.89. The highest BCUT2D eigenvalue weighted by Gasteiger charge is 2.37. The van der Waals surface area contributed by atoms with Gasteiger partial charge in [0.25, 0.3) is 5.56 Å². The lowest BCUT2D eigenvalue weighted by atomic mass is 10.0. The summed E-state index contributed by atoms with van der Waals surface area (Å²) in [6, 6.07) is 1.15. The van der Waals surface area contributed by atoms with Gasteiger partial charge >= 0.3 is 5.69 Å². The molecule has 2 heterocycles. The lowest BCUT2D eigenvalue weighted by molar-refractivity contribution is -0.202. The Bertz CT molecular complexity index is 524. The molecule has 0 bridgehead atoms. The highest BCUT2D eigenvalue weighted by molar-refractivity contribution is 4.89. The van der Waals surface area contributed by atoms with E-state index in [1.807, 2.05) is 0 Å². The van der Waals surface area contributed by atoms with Gasteiger partial charge in [0.1, 0.15) is 18.4 Å². The molecule has 0 radical (unpaired) electrons. The number of ether oxygens (including phenoxy) is 1. The van der Waals surface area contributed by atoms with Crippen LogP contribution in [0.3, 0.4) is 0 Å². The van der Waals surface area contributed by atoms with Crippen LogP contribution in [0.5, 0.6) is 0 Å². The van der Waals surface area contributed by atoms with Crippen molar-refractivity contribution in [3.63, 3.8) is 0 Å². The van der Waals surface area contributed by atoms with E-state index in [-0.39, 0.29) is 6.42 Å². The van der Waals surface area contributed by atoms with Crippen molar-refractivity contribution in [3.05, 3.63) is 33.1 Å². The number of hydrogen-bond acceptors (Lipinski definition) is 6. The summed E-state index contributed by atoms with van der Waals surface area (Å²) in [7, 11) is 0. The molecule has 8 nitrogen and oxygen atoms in total. The minimum absolute atomic E-state index is 0.0103. The van der Waals surface area contributed by atoms with Crippen LogP contribution in [0, 0.1) is 0 Å². The van der Waals surface area contributed by atoms with Crippen LogP contribution in [0.2, 0.25) is 0 Å². The molecule has 1 aromatic rings. The van der Waals surface area contributed by atoms with E-state index >= 15 is 0 Å². The monoisotopic (exact) mass is 258 g/mol. The number of rotatable bonds is 2. The third-order valence-corrected chi connectivity index (χ3v) is 2.89. The van der Waals surface area contributed by atoms with Gasteiger partial charge in [-0.3, -0.25) is 14.3 Å². The molecule has 1 saturated heterocycles. The summed E-state index contributed by atoms with van der Waals surface area (Å²) in [5.41, 5.74) is -1.21. The Kier molecular flexibility index (Phi) is 3.62. The van der Waals surface area contributed by atoms with Crippen LogP contribution in [-0.4, -0.2) is 49.8 Å². The first-order valence-corrected chi connectivity index (χ1v) is 5.47. The summed E-state index contributed by atoms with van der Waals surface area (Å²) in [4.78, 5) is 24.5. The second kappa shape index (κ2) is 5.02. The number of hydrogen-bond donors (Lipinski definition) is 4. The third kappa shape index (κ3) is 2.36.